The molecular formula is C4H8N5+. The standard InChI is InChI=1S/C4H7N5/c5-4(6)1-9-3-7-2-8-9/h2-3H,1H2,(H3,5,6)/p+1. The van der Waals surface area contributed by atoms with Crippen LogP contribution in [0.1, 0.15) is 0 Å². The van der Waals surface area contributed by atoms with E-state index in [1.54, 1.807) is 11.0 Å². The molecule has 0 aliphatic carbocycles. The molecule has 0 atom stereocenters. The molecule has 0 saturated carbocycles. The van der Waals surface area contributed by atoms with Crippen LogP contribution in [-0.2, 0) is 6.54 Å². The fourth-order valence-corrected chi connectivity index (χ4v) is 0.501. The van der Waals surface area contributed by atoms with Gasteiger partial charge in [0.1, 0.15) is 19.2 Å². The van der Waals surface area contributed by atoms with Crippen molar-refractivity contribution in [2.45, 2.75) is 6.54 Å². The number of amidine groups is 1. The highest BCUT2D eigenvalue weighted by molar-refractivity contribution is 5.73. The minimum atomic E-state index is 0.334. The summed E-state index contributed by atoms with van der Waals surface area (Å²) in [6.45, 7) is 0.431. The smallest absolute Gasteiger partial charge is 0.260 e. The topological polar surface area (TPSA) is 82.3 Å². The van der Waals surface area contributed by atoms with Crippen LogP contribution in [0.15, 0.2) is 12.7 Å². The van der Waals surface area contributed by atoms with Crippen molar-refractivity contribution in [3.63, 3.8) is 0 Å². The largest absolute Gasteiger partial charge is 0.290 e. The predicted octanol–water partition coefficient (Wildman–Crippen LogP) is -2.61. The lowest BCUT2D eigenvalue weighted by Gasteiger charge is -1.89. The Balaban J connectivity index is 2.58. The molecule has 0 amide bonds. The Morgan fingerprint density at radius 1 is 1.78 bits per heavy atom. The second-order valence-corrected chi connectivity index (χ2v) is 1.67. The molecule has 1 rings (SSSR count). The molecule has 0 radical (unpaired) electrons. The van der Waals surface area contributed by atoms with E-state index in [-0.39, 0.29) is 0 Å². The van der Waals surface area contributed by atoms with Gasteiger partial charge in [0, 0.05) is 0 Å². The Morgan fingerprint density at radius 2 is 2.56 bits per heavy atom. The number of hydrogen-bond donors (Lipinski definition) is 2. The van der Waals surface area contributed by atoms with Crippen molar-refractivity contribution in [2.24, 2.45) is 5.73 Å². The first-order valence-electron chi connectivity index (χ1n) is 2.48. The molecule has 9 heavy (non-hydrogen) atoms. The summed E-state index contributed by atoms with van der Waals surface area (Å²) < 4.78 is 1.55. The van der Waals surface area contributed by atoms with Gasteiger partial charge in [-0.05, 0) is 0 Å². The molecule has 0 aliphatic rings. The number of rotatable bonds is 2. The molecule has 0 fully saturated rings. The summed E-state index contributed by atoms with van der Waals surface area (Å²) >= 11 is 0. The first-order valence-corrected chi connectivity index (χ1v) is 2.48. The first kappa shape index (κ1) is 5.74. The van der Waals surface area contributed by atoms with Crippen LogP contribution in [0.2, 0.25) is 0 Å². The maximum Gasteiger partial charge on any atom is 0.260 e. The average Bonchev–Trinajstić information content (AvgIpc) is 2.15. The van der Waals surface area contributed by atoms with Gasteiger partial charge >= 0.3 is 0 Å². The van der Waals surface area contributed by atoms with E-state index in [0.29, 0.717) is 12.4 Å². The van der Waals surface area contributed by atoms with E-state index in [2.05, 4.69) is 10.1 Å². The van der Waals surface area contributed by atoms with Crippen molar-refractivity contribution in [3.05, 3.63) is 12.7 Å². The fourth-order valence-electron chi connectivity index (χ4n) is 0.501. The third-order valence-electron chi connectivity index (χ3n) is 0.811. The third kappa shape index (κ3) is 1.52. The van der Waals surface area contributed by atoms with Gasteiger partial charge < -0.3 is 0 Å². The van der Waals surface area contributed by atoms with E-state index in [1.165, 1.54) is 6.33 Å². The fraction of sp³-hybridized carbons (Fsp3) is 0.250. The van der Waals surface area contributed by atoms with E-state index in [4.69, 9.17) is 11.1 Å². The van der Waals surface area contributed by atoms with E-state index < -0.39 is 0 Å². The molecule has 5 nitrogen and oxygen atoms in total. The predicted molar refractivity (Wildman–Crippen MR) is 31.1 cm³/mol. The van der Waals surface area contributed by atoms with Gasteiger partial charge in [-0.1, -0.05) is 0 Å². The van der Waals surface area contributed by atoms with Crippen molar-refractivity contribution < 1.29 is 5.41 Å². The number of hydrogen-bond acceptors (Lipinski definition) is 2. The van der Waals surface area contributed by atoms with Crippen LogP contribution in [-0.4, -0.2) is 20.6 Å². The zero-order valence-corrected chi connectivity index (χ0v) is 4.86. The van der Waals surface area contributed by atoms with Gasteiger partial charge in [0.25, 0.3) is 5.84 Å². The quantitative estimate of drug-likeness (QED) is 0.336. The zero-order chi connectivity index (χ0) is 6.69. The average molecular weight is 126 g/mol. The lowest BCUT2D eigenvalue weighted by atomic mass is 10.6. The van der Waals surface area contributed by atoms with Crippen LogP contribution in [0.4, 0.5) is 0 Å². The normalized spacial score (nSPS) is 9.33. The highest BCUT2D eigenvalue weighted by Crippen LogP contribution is 1.75. The SMILES string of the molecule is NC(=[NH2+])Cn1cncn1. The molecule has 0 bridgehead atoms. The minimum absolute atomic E-state index is 0.334. The summed E-state index contributed by atoms with van der Waals surface area (Å²) in [4.78, 5) is 3.70. The summed E-state index contributed by atoms with van der Waals surface area (Å²) in [5, 5.41) is 8.97. The van der Waals surface area contributed by atoms with Gasteiger partial charge in [0.2, 0.25) is 0 Å². The Bertz CT molecular complexity index is 189. The maximum atomic E-state index is 5.19. The second-order valence-electron chi connectivity index (χ2n) is 1.67. The first-order chi connectivity index (χ1) is 4.29. The Hall–Kier alpha value is -1.39. The minimum Gasteiger partial charge on any atom is -0.290 e. The third-order valence-corrected chi connectivity index (χ3v) is 0.811. The van der Waals surface area contributed by atoms with Gasteiger partial charge in [-0.15, -0.1) is 0 Å². The molecule has 1 heterocycles. The van der Waals surface area contributed by atoms with Crippen LogP contribution >= 0.6 is 0 Å². The Kier molecular flexibility index (Phi) is 1.44. The van der Waals surface area contributed by atoms with Gasteiger partial charge in [-0.3, -0.25) is 11.1 Å². The molecule has 4 N–H and O–H groups in total. The molecule has 5 heteroatoms. The van der Waals surface area contributed by atoms with Gasteiger partial charge in [-0.25, -0.2) is 9.67 Å². The molecule has 0 aliphatic heterocycles. The zero-order valence-electron chi connectivity index (χ0n) is 4.86. The maximum absolute atomic E-state index is 5.19. The monoisotopic (exact) mass is 126 g/mol. The number of nitrogens with two attached hydrogens (primary N) is 2. The van der Waals surface area contributed by atoms with E-state index in [0.717, 1.165) is 0 Å². The van der Waals surface area contributed by atoms with Crippen molar-refractivity contribution in [1.82, 2.24) is 14.8 Å². The van der Waals surface area contributed by atoms with Crippen LogP contribution in [0, 0.1) is 0 Å². The van der Waals surface area contributed by atoms with Crippen LogP contribution < -0.4 is 11.1 Å². The lowest BCUT2D eigenvalue weighted by Crippen LogP contribution is -2.48. The molecule has 1 aromatic rings. The Morgan fingerprint density at radius 3 is 3.00 bits per heavy atom. The summed E-state index contributed by atoms with van der Waals surface area (Å²) in [5.41, 5.74) is 5.19. The van der Waals surface area contributed by atoms with Crippen molar-refractivity contribution in [1.29, 1.82) is 0 Å². The number of aromatic nitrogens is 3. The summed E-state index contributed by atoms with van der Waals surface area (Å²) in [6.07, 6.45) is 2.99. The van der Waals surface area contributed by atoms with E-state index >= 15 is 0 Å². The summed E-state index contributed by atoms with van der Waals surface area (Å²) in [5.74, 6) is 0.334. The van der Waals surface area contributed by atoms with Crippen LogP contribution in [0.3, 0.4) is 0 Å². The number of nitrogens with zero attached hydrogens (tertiary/aromatic N) is 3. The van der Waals surface area contributed by atoms with Crippen LogP contribution in [0.25, 0.3) is 0 Å². The van der Waals surface area contributed by atoms with Gasteiger partial charge in [-0.2, -0.15) is 5.10 Å². The van der Waals surface area contributed by atoms with E-state index in [9.17, 15) is 0 Å². The van der Waals surface area contributed by atoms with Gasteiger partial charge in [0.05, 0.1) is 0 Å². The van der Waals surface area contributed by atoms with Gasteiger partial charge in [0.15, 0.2) is 0 Å². The Labute approximate surface area is 52.0 Å². The molecular weight excluding hydrogens is 118 g/mol. The highest BCUT2D eigenvalue weighted by atomic mass is 15.3. The highest BCUT2D eigenvalue weighted by Gasteiger charge is 1.95. The summed E-state index contributed by atoms with van der Waals surface area (Å²) in [7, 11) is 0. The lowest BCUT2D eigenvalue weighted by molar-refractivity contribution is -0.118. The van der Waals surface area contributed by atoms with Crippen molar-refractivity contribution >= 4 is 5.84 Å². The van der Waals surface area contributed by atoms with Crippen LogP contribution in [0.5, 0.6) is 0 Å². The van der Waals surface area contributed by atoms with E-state index in [1.807, 2.05) is 0 Å². The van der Waals surface area contributed by atoms with Crippen molar-refractivity contribution in [2.75, 3.05) is 0 Å². The molecule has 0 aromatic carbocycles. The molecule has 0 spiro atoms. The summed E-state index contributed by atoms with van der Waals surface area (Å²) in [6, 6.07) is 0. The molecule has 48 valence electrons. The molecule has 0 unspecified atom stereocenters. The second kappa shape index (κ2) is 2.25. The molecule has 1 aromatic heterocycles. The van der Waals surface area contributed by atoms with Crippen molar-refractivity contribution in [3.8, 4) is 0 Å². The molecule has 0 saturated heterocycles.